The van der Waals surface area contributed by atoms with Crippen LogP contribution in [0.25, 0.3) is 0 Å². The molecule has 0 atom stereocenters. The third-order valence-corrected chi connectivity index (χ3v) is 1.45. The van der Waals surface area contributed by atoms with Gasteiger partial charge in [-0.15, -0.1) is 0 Å². The molecule has 2 rings (SSSR count). The van der Waals surface area contributed by atoms with Gasteiger partial charge in [0, 0.05) is 13.2 Å². The van der Waals surface area contributed by atoms with E-state index in [1.54, 1.807) is 0 Å². The highest BCUT2D eigenvalue weighted by atomic mass is 17.7. The van der Waals surface area contributed by atoms with Crippen LogP contribution in [-0.2, 0) is 24.6 Å². The zero-order valence-electron chi connectivity index (χ0n) is 6.99. The fraction of sp³-hybridized carbons (Fsp3) is 1.00. The Morgan fingerprint density at radius 3 is 1.33 bits per heavy atom. The summed E-state index contributed by atoms with van der Waals surface area (Å²) in [6.07, 6.45) is 3.93. The molecule has 2 saturated heterocycles. The summed E-state index contributed by atoms with van der Waals surface area (Å²) in [4.78, 5) is 8.44. The summed E-state index contributed by atoms with van der Waals surface area (Å²) < 4.78 is 5.07. The molecule has 0 saturated carbocycles. The highest BCUT2D eigenvalue weighted by Crippen LogP contribution is 2.02. The van der Waals surface area contributed by atoms with Gasteiger partial charge in [0.15, 0.2) is 0 Å². The molecule has 2 aliphatic rings. The van der Waals surface area contributed by atoms with Crippen molar-refractivity contribution in [2.24, 2.45) is 0 Å². The van der Waals surface area contributed by atoms with Crippen LogP contribution in [0.1, 0.15) is 19.3 Å². The van der Waals surface area contributed by atoms with E-state index in [2.05, 4.69) is 19.9 Å². The Morgan fingerprint density at radius 2 is 1.17 bits per heavy atom. The smallest absolute Gasteiger partial charge is 0.112 e. The van der Waals surface area contributed by atoms with Gasteiger partial charge in [-0.3, -0.25) is 0 Å². The van der Waals surface area contributed by atoms with E-state index in [0.29, 0.717) is 13.2 Å². The third-order valence-electron chi connectivity index (χ3n) is 1.45. The first-order chi connectivity index (χ1) is 6.00. The quantitative estimate of drug-likeness (QED) is 0.518. The van der Waals surface area contributed by atoms with Crippen LogP contribution in [0.4, 0.5) is 0 Å². The van der Waals surface area contributed by atoms with E-state index in [-0.39, 0.29) is 0 Å². The lowest BCUT2D eigenvalue weighted by Crippen LogP contribution is -2.12. The zero-order valence-corrected chi connectivity index (χ0v) is 6.99. The second kappa shape index (κ2) is 7.45. The molecule has 0 spiro atoms. The number of hydrogen-bond donors (Lipinski definition) is 0. The molecular weight excluding hydrogens is 164 g/mol. The van der Waals surface area contributed by atoms with Crippen LogP contribution in [0, 0.1) is 0 Å². The monoisotopic (exact) mass is 178 g/mol. The molecule has 2 fully saturated rings. The first-order valence-corrected chi connectivity index (χ1v) is 4.15. The lowest BCUT2D eigenvalue weighted by Gasteiger charge is -2.08. The largest absolute Gasteiger partial charge is 0.381 e. The molecule has 5 nitrogen and oxygen atoms in total. The molecule has 72 valence electrons. The fourth-order valence-electron chi connectivity index (χ4n) is 0.862. The Balaban J connectivity index is 0.000000120. The molecule has 12 heavy (non-hydrogen) atoms. The lowest BCUT2D eigenvalue weighted by molar-refractivity contribution is -0.663. The van der Waals surface area contributed by atoms with Crippen LogP contribution < -0.4 is 0 Å². The van der Waals surface area contributed by atoms with E-state index in [0.717, 1.165) is 13.2 Å². The molecule has 5 heteroatoms. The molecule has 0 radical (unpaired) electrons. The number of rotatable bonds is 0. The minimum absolute atomic E-state index is 0.431. The number of ether oxygens (including phenoxy) is 1. The van der Waals surface area contributed by atoms with Gasteiger partial charge in [0.2, 0.25) is 0 Å². The summed E-state index contributed by atoms with van der Waals surface area (Å²) in [7, 11) is 0. The van der Waals surface area contributed by atoms with Crippen LogP contribution in [-0.4, -0.2) is 26.4 Å². The van der Waals surface area contributed by atoms with E-state index < -0.39 is 0 Å². The molecule has 0 unspecified atom stereocenters. The van der Waals surface area contributed by atoms with Crippen molar-refractivity contribution in [1.82, 2.24) is 0 Å². The second-order valence-electron chi connectivity index (χ2n) is 2.45. The first-order valence-electron chi connectivity index (χ1n) is 4.15. The normalized spacial score (nSPS) is 24.0. The number of hydrogen-bond acceptors (Lipinski definition) is 5. The Labute approximate surface area is 71.3 Å². The predicted octanol–water partition coefficient (Wildman–Crippen LogP) is 0.998. The van der Waals surface area contributed by atoms with Gasteiger partial charge in [0.1, 0.15) is 13.2 Å². The van der Waals surface area contributed by atoms with E-state index >= 15 is 0 Å². The van der Waals surface area contributed by atoms with Gasteiger partial charge in [-0.2, -0.15) is 0 Å². The van der Waals surface area contributed by atoms with Gasteiger partial charge in [0.25, 0.3) is 0 Å². The van der Waals surface area contributed by atoms with Gasteiger partial charge in [-0.25, -0.2) is 9.78 Å². The Kier molecular flexibility index (Phi) is 6.14. The van der Waals surface area contributed by atoms with Crippen LogP contribution in [0.15, 0.2) is 0 Å². The summed E-state index contributed by atoms with van der Waals surface area (Å²) in [5, 5.41) is 7.69. The topological polar surface area (TPSA) is 46.2 Å². The van der Waals surface area contributed by atoms with Gasteiger partial charge in [0.05, 0.1) is 0 Å². The molecule has 2 heterocycles. The molecule has 0 aromatic rings. The highest BCUT2D eigenvalue weighted by molar-refractivity contribution is 4.45. The Hall–Kier alpha value is -0.200. The molecule has 0 aromatic carbocycles. The molecule has 2 aliphatic heterocycles. The average molecular weight is 178 g/mol. The van der Waals surface area contributed by atoms with Crippen LogP contribution in [0.3, 0.4) is 0 Å². The first kappa shape index (κ1) is 9.88. The SMILES string of the molecule is C1CCOCC1.C1COOOO1. The van der Waals surface area contributed by atoms with E-state index in [1.807, 2.05) is 0 Å². The van der Waals surface area contributed by atoms with Crippen molar-refractivity contribution in [3.05, 3.63) is 0 Å². The van der Waals surface area contributed by atoms with Crippen molar-refractivity contribution in [2.75, 3.05) is 26.4 Å². The van der Waals surface area contributed by atoms with Crippen molar-refractivity contribution >= 4 is 0 Å². The molecule has 0 N–H and O–H groups in total. The average Bonchev–Trinajstić information content (AvgIpc) is 2.24. The van der Waals surface area contributed by atoms with Gasteiger partial charge < -0.3 is 4.74 Å². The van der Waals surface area contributed by atoms with Gasteiger partial charge in [-0.1, -0.05) is 0 Å². The summed E-state index contributed by atoms with van der Waals surface area (Å²) in [5.41, 5.74) is 0. The van der Waals surface area contributed by atoms with Gasteiger partial charge in [-0.05, 0) is 29.3 Å². The van der Waals surface area contributed by atoms with Gasteiger partial charge >= 0.3 is 0 Å². The van der Waals surface area contributed by atoms with Crippen LogP contribution in [0.5, 0.6) is 0 Å². The maximum atomic E-state index is 5.07. The summed E-state index contributed by atoms with van der Waals surface area (Å²) in [6.45, 7) is 2.86. The third kappa shape index (κ3) is 5.45. The molecule has 0 bridgehead atoms. The zero-order chi connectivity index (χ0) is 8.49. The Morgan fingerprint density at radius 1 is 0.583 bits per heavy atom. The molecule has 0 aromatic heterocycles. The van der Waals surface area contributed by atoms with Crippen LogP contribution >= 0.6 is 0 Å². The fourth-order valence-corrected chi connectivity index (χ4v) is 0.862. The predicted molar refractivity (Wildman–Crippen MR) is 38.7 cm³/mol. The lowest BCUT2D eigenvalue weighted by atomic mass is 10.2. The van der Waals surface area contributed by atoms with E-state index in [9.17, 15) is 0 Å². The molecule has 0 aliphatic carbocycles. The van der Waals surface area contributed by atoms with Crippen molar-refractivity contribution in [1.29, 1.82) is 0 Å². The maximum absolute atomic E-state index is 5.07. The summed E-state index contributed by atoms with van der Waals surface area (Å²) in [5.74, 6) is 0. The van der Waals surface area contributed by atoms with Crippen molar-refractivity contribution in [3.63, 3.8) is 0 Å². The summed E-state index contributed by atoms with van der Waals surface area (Å²) in [6, 6.07) is 0. The van der Waals surface area contributed by atoms with Crippen molar-refractivity contribution in [3.8, 4) is 0 Å². The molecule has 0 amide bonds. The maximum Gasteiger partial charge on any atom is 0.112 e. The van der Waals surface area contributed by atoms with Crippen molar-refractivity contribution < 1.29 is 24.6 Å². The minimum Gasteiger partial charge on any atom is -0.381 e. The minimum atomic E-state index is 0.431. The standard InChI is InChI=1S/C5H10O.C2H4O4/c2*1-2-4-6-5-3-1/h1-5H2;1-2H2. The van der Waals surface area contributed by atoms with Crippen LogP contribution in [0.2, 0.25) is 0 Å². The Bertz CT molecular complexity index is 54.8. The highest BCUT2D eigenvalue weighted by Gasteiger charge is 1.97. The summed E-state index contributed by atoms with van der Waals surface area (Å²) >= 11 is 0. The second-order valence-corrected chi connectivity index (χ2v) is 2.45. The molecular formula is C7H14O5. The van der Waals surface area contributed by atoms with E-state index in [4.69, 9.17) is 4.74 Å². The van der Waals surface area contributed by atoms with E-state index in [1.165, 1.54) is 19.3 Å². The van der Waals surface area contributed by atoms with Crippen molar-refractivity contribution in [2.45, 2.75) is 19.3 Å².